The molecule has 0 aliphatic heterocycles. The van der Waals surface area contributed by atoms with Crippen LogP contribution in [0.4, 0.5) is 0 Å². The predicted molar refractivity (Wildman–Crippen MR) is 81.1 cm³/mol. The van der Waals surface area contributed by atoms with Gasteiger partial charge in [0, 0.05) is 11.8 Å². The van der Waals surface area contributed by atoms with Gasteiger partial charge in [-0.2, -0.15) is 5.26 Å². The number of hydrogen-bond acceptors (Lipinski definition) is 2. The van der Waals surface area contributed by atoms with Gasteiger partial charge >= 0.3 is 0 Å². The molecule has 0 saturated carbocycles. The Kier molecular flexibility index (Phi) is 3.33. The van der Waals surface area contributed by atoms with Gasteiger partial charge in [-0.15, -0.1) is 0 Å². The maximum Gasteiger partial charge on any atom is 0.118 e. The fourth-order valence-corrected chi connectivity index (χ4v) is 2.15. The molecule has 0 unspecified atom stereocenters. The van der Waals surface area contributed by atoms with Crippen molar-refractivity contribution in [3.63, 3.8) is 0 Å². The van der Waals surface area contributed by atoms with Crippen LogP contribution in [-0.2, 0) is 0 Å². The van der Waals surface area contributed by atoms with Crippen LogP contribution in [0.15, 0.2) is 54.7 Å². The number of pyridine rings is 1. The first-order chi connectivity index (χ1) is 10.3. The molecular formula is C18H12N2O. The van der Waals surface area contributed by atoms with Gasteiger partial charge in [-0.25, -0.2) is 0 Å². The molecule has 3 nitrogen and oxygen atoms in total. The monoisotopic (exact) mass is 272 g/mol. The third-order valence-corrected chi connectivity index (χ3v) is 3.22. The molecule has 0 spiro atoms. The number of ether oxygens (including phenoxy) is 1. The van der Waals surface area contributed by atoms with E-state index in [9.17, 15) is 0 Å². The molecule has 0 N–H and O–H groups in total. The molecule has 0 fully saturated rings. The van der Waals surface area contributed by atoms with Crippen LogP contribution >= 0.6 is 0 Å². The summed E-state index contributed by atoms with van der Waals surface area (Å²) in [6, 6.07) is 17.3. The highest BCUT2D eigenvalue weighted by atomic mass is 16.5. The fraction of sp³-hybridized carbons (Fsp3) is 0.0556. The van der Waals surface area contributed by atoms with Gasteiger partial charge in [-0.1, -0.05) is 12.0 Å². The van der Waals surface area contributed by atoms with Gasteiger partial charge in [-0.05, 0) is 48.4 Å². The molecule has 0 saturated heterocycles. The van der Waals surface area contributed by atoms with Crippen molar-refractivity contribution in [3.05, 3.63) is 71.5 Å². The van der Waals surface area contributed by atoms with E-state index in [-0.39, 0.29) is 0 Å². The lowest BCUT2D eigenvalue weighted by Gasteiger charge is -1.97. The summed E-state index contributed by atoms with van der Waals surface area (Å²) in [6.45, 7) is 0. The second-order valence-electron chi connectivity index (χ2n) is 4.49. The standard InChI is InChI=1S/C18H12N2O/c1-21-17-9-6-14(7-10-17)5-8-16-12-15(13-19)18-4-2-3-11-20(16)18/h2-4,6-7,9-12H,1H3. The predicted octanol–water partition coefficient (Wildman–Crippen LogP) is 3.22. The first kappa shape index (κ1) is 12.8. The summed E-state index contributed by atoms with van der Waals surface area (Å²) in [4.78, 5) is 0. The molecule has 2 aromatic heterocycles. The van der Waals surface area contributed by atoms with Crippen LogP contribution in [0.3, 0.4) is 0 Å². The number of fused-ring (bicyclic) bond motifs is 1. The van der Waals surface area contributed by atoms with E-state index >= 15 is 0 Å². The molecule has 0 aliphatic carbocycles. The number of nitriles is 1. The van der Waals surface area contributed by atoms with Crippen LogP contribution in [0, 0.1) is 23.2 Å². The minimum atomic E-state index is 0.634. The number of rotatable bonds is 1. The lowest BCUT2D eigenvalue weighted by atomic mass is 10.2. The minimum absolute atomic E-state index is 0.634. The third-order valence-electron chi connectivity index (χ3n) is 3.22. The Morgan fingerprint density at radius 2 is 1.86 bits per heavy atom. The van der Waals surface area contributed by atoms with Crippen molar-refractivity contribution in [1.82, 2.24) is 4.40 Å². The Bertz CT molecular complexity index is 887. The van der Waals surface area contributed by atoms with E-state index in [1.165, 1.54) is 0 Å². The van der Waals surface area contributed by atoms with Crippen molar-refractivity contribution in [1.29, 1.82) is 5.26 Å². The van der Waals surface area contributed by atoms with E-state index in [0.29, 0.717) is 5.56 Å². The number of methoxy groups -OCH3 is 1. The first-order valence-corrected chi connectivity index (χ1v) is 6.48. The Balaban J connectivity index is 2.02. The quantitative estimate of drug-likeness (QED) is 0.638. The minimum Gasteiger partial charge on any atom is -0.497 e. The van der Waals surface area contributed by atoms with Crippen molar-refractivity contribution in [3.8, 4) is 23.7 Å². The van der Waals surface area contributed by atoms with Crippen LogP contribution in [-0.4, -0.2) is 11.5 Å². The van der Waals surface area contributed by atoms with Gasteiger partial charge in [0.25, 0.3) is 0 Å². The number of nitrogens with zero attached hydrogens (tertiary/aromatic N) is 2. The smallest absolute Gasteiger partial charge is 0.118 e. The molecule has 3 rings (SSSR count). The number of aromatic nitrogens is 1. The van der Waals surface area contributed by atoms with Crippen LogP contribution < -0.4 is 4.74 Å². The van der Waals surface area contributed by atoms with E-state index in [4.69, 9.17) is 10.00 Å². The van der Waals surface area contributed by atoms with E-state index in [1.54, 1.807) is 7.11 Å². The van der Waals surface area contributed by atoms with Crippen molar-refractivity contribution in [2.24, 2.45) is 0 Å². The summed E-state index contributed by atoms with van der Waals surface area (Å²) in [5, 5.41) is 9.17. The normalized spacial score (nSPS) is 9.71. The maximum atomic E-state index is 9.17. The molecule has 0 atom stereocenters. The lowest BCUT2D eigenvalue weighted by Crippen LogP contribution is -1.86. The topological polar surface area (TPSA) is 37.4 Å². The summed E-state index contributed by atoms with van der Waals surface area (Å²) in [5.74, 6) is 7.03. The van der Waals surface area contributed by atoms with Gasteiger partial charge in [0.2, 0.25) is 0 Å². The zero-order valence-electron chi connectivity index (χ0n) is 11.5. The molecule has 0 aliphatic rings. The van der Waals surface area contributed by atoms with Gasteiger partial charge in [0.15, 0.2) is 0 Å². The lowest BCUT2D eigenvalue weighted by molar-refractivity contribution is 0.415. The van der Waals surface area contributed by atoms with Gasteiger partial charge < -0.3 is 9.14 Å². The van der Waals surface area contributed by atoms with Gasteiger partial charge in [0.05, 0.1) is 23.9 Å². The highest BCUT2D eigenvalue weighted by molar-refractivity contribution is 5.65. The van der Waals surface area contributed by atoms with Crippen LogP contribution in [0.25, 0.3) is 5.52 Å². The molecule has 2 heterocycles. The summed E-state index contributed by atoms with van der Waals surface area (Å²) >= 11 is 0. The Morgan fingerprint density at radius 3 is 2.57 bits per heavy atom. The van der Waals surface area contributed by atoms with Crippen LogP contribution in [0.5, 0.6) is 5.75 Å². The van der Waals surface area contributed by atoms with Crippen LogP contribution in [0.1, 0.15) is 16.8 Å². The van der Waals surface area contributed by atoms with E-state index in [2.05, 4.69) is 17.9 Å². The van der Waals surface area contributed by atoms with E-state index < -0.39 is 0 Å². The van der Waals surface area contributed by atoms with Crippen LogP contribution in [0.2, 0.25) is 0 Å². The average molecular weight is 272 g/mol. The highest BCUT2D eigenvalue weighted by Crippen LogP contribution is 2.16. The SMILES string of the molecule is COc1ccc(C#Cc2cc(C#N)c3ccccn23)cc1. The molecule has 0 radical (unpaired) electrons. The fourth-order valence-electron chi connectivity index (χ4n) is 2.15. The number of benzene rings is 1. The summed E-state index contributed by atoms with van der Waals surface area (Å²) in [6.07, 6.45) is 1.91. The molecule has 3 heteroatoms. The molecule has 0 bridgehead atoms. The first-order valence-electron chi connectivity index (χ1n) is 6.48. The number of hydrogen-bond donors (Lipinski definition) is 0. The Labute approximate surface area is 123 Å². The van der Waals surface area contributed by atoms with Crippen molar-refractivity contribution < 1.29 is 4.74 Å². The van der Waals surface area contributed by atoms with Crippen molar-refractivity contribution >= 4 is 5.52 Å². The second-order valence-corrected chi connectivity index (χ2v) is 4.49. The van der Waals surface area contributed by atoms with E-state index in [0.717, 1.165) is 22.5 Å². The van der Waals surface area contributed by atoms with Crippen molar-refractivity contribution in [2.45, 2.75) is 0 Å². The Hall–Kier alpha value is -3.17. The molecule has 100 valence electrons. The average Bonchev–Trinajstić information content (AvgIpc) is 2.91. The second kappa shape index (κ2) is 5.45. The molecule has 0 amide bonds. The molecule has 3 aromatic rings. The zero-order chi connectivity index (χ0) is 14.7. The van der Waals surface area contributed by atoms with E-state index in [1.807, 2.05) is 59.1 Å². The summed E-state index contributed by atoms with van der Waals surface area (Å²) < 4.78 is 7.04. The van der Waals surface area contributed by atoms with Gasteiger partial charge in [0.1, 0.15) is 11.8 Å². The Morgan fingerprint density at radius 1 is 1.05 bits per heavy atom. The molecule has 1 aromatic carbocycles. The van der Waals surface area contributed by atoms with Gasteiger partial charge in [-0.3, -0.25) is 0 Å². The summed E-state index contributed by atoms with van der Waals surface area (Å²) in [5.41, 5.74) is 3.21. The maximum absolute atomic E-state index is 9.17. The third kappa shape index (κ3) is 2.45. The zero-order valence-corrected chi connectivity index (χ0v) is 11.5. The highest BCUT2D eigenvalue weighted by Gasteiger charge is 2.05. The molecule has 21 heavy (non-hydrogen) atoms. The van der Waals surface area contributed by atoms with Crippen molar-refractivity contribution in [2.75, 3.05) is 7.11 Å². The summed E-state index contributed by atoms with van der Waals surface area (Å²) in [7, 11) is 1.64. The largest absolute Gasteiger partial charge is 0.497 e. The molecular weight excluding hydrogens is 260 g/mol.